The average Bonchev–Trinajstić information content (AvgIpc) is 3.15. The van der Waals surface area contributed by atoms with Crippen molar-refractivity contribution in [1.82, 2.24) is 15.3 Å². The van der Waals surface area contributed by atoms with Gasteiger partial charge in [-0.05, 0) is 31.0 Å². The minimum atomic E-state index is -0.0414. The van der Waals surface area contributed by atoms with Gasteiger partial charge >= 0.3 is 0 Å². The van der Waals surface area contributed by atoms with Crippen LogP contribution in [0.1, 0.15) is 45.2 Å². The lowest BCUT2D eigenvalue weighted by atomic mass is 10.1. The second kappa shape index (κ2) is 9.78. The molecule has 156 valence electrons. The zero-order valence-electron chi connectivity index (χ0n) is 17.1. The molecule has 0 radical (unpaired) electrons. The Balaban J connectivity index is 1.60. The standard InChI is InChI=1S/C21H28ClN5O2/c1-4-10-23-20-19(22)21(25-13-24-20)27-11-9-18(12-27)29-17-7-5-16(6-8-17)14(2)26-15(3)28/h5-8,13-14,18H,4,9-12H2,1-3H3,(H,26,28)(H,23,24,25)/t14-,18+/m0/s1. The number of nitrogens with zero attached hydrogens (tertiary/aromatic N) is 3. The third kappa shape index (κ3) is 5.50. The van der Waals surface area contributed by atoms with Crippen molar-refractivity contribution in [2.75, 3.05) is 29.9 Å². The number of benzene rings is 1. The van der Waals surface area contributed by atoms with Gasteiger partial charge < -0.3 is 20.3 Å². The molecule has 1 aromatic heterocycles. The summed E-state index contributed by atoms with van der Waals surface area (Å²) in [4.78, 5) is 22.0. The van der Waals surface area contributed by atoms with Crippen molar-refractivity contribution in [2.24, 2.45) is 0 Å². The lowest BCUT2D eigenvalue weighted by Gasteiger charge is -2.20. The van der Waals surface area contributed by atoms with Crippen molar-refractivity contribution in [3.63, 3.8) is 0 Å². The Morgan fingerprint density at radius 3 is 2.79 bits per heavy atom. The summed E-state index contributed by atoms with van der Waals surface area (Å²) in [6, 6.07) is 7.83. The number of ether oxygens (including phenoxy) is 1. The van der Waals surface area contributed by atoms with Crippen LogP contribution < -0.4 is 20.3 Å². The highest BCUT2D eigenvalue weighted by Gasteiger charge is 2.27. The van der Waals surface area contributed by atoms with Crippen molar-refractivity contribution in [3.8, 4) is 5.75 Å². The van der Waals surface area contributed by atoms with E-state index in [0.29, 0.717) is 17.4 Å². The molecule has 3 rings (SSSR count). The van der Waals surface area contributed by atoms with E-state index in [9.17, 15) is 4.79 Å². The Bertz CT molecular complexity index is 830. The van der Waals surface area contributed by atoms with Crippen molar-refractivity contribution in [3.05, 3.63) is 41.2 Å². The summed E-state index contributed by atoms with van der Waals surface area (Å²) < 4.78 is 6.15. The number of halogens is 1. The minimum absolute atomic E-state index is 0.0288. The normalized spacial score (nSPS) is 17.1. The monoisotopic (exact) mass is 417 g/mol. The van der Waals surface area contributed by atoms with E-state index in [1.165, 1.54) is 6.92 Å². The third-order valence-corrected chi connectivity index (χ3v) is 5.21. The lowest BCUT2D eigenvalue weighted by molar-refractivity contribution is -0.119. The van der Waals surface area contributed by atoms with E-state index in [-0.39, 0.29) is 18.1 Å². The highest BCUT2D eigenvalue weighted by Crippen LogP contribution is 2.32. The summed E-state index contributed by atoms with van der Waals surface area (Å²) in [6.07, 6.45) is 3.49. The van der Waals surface area contributed by atoms with Gasteiger partial charge in [0.2, 0.25) is 5.91 Å². The van der Waals surface area contributed by atoms with Gasteiger partial charge in [0.15, 0.2) is 5.82 Å². The number of anilines is 2. The quantitative estimate of drug-likeness (QED) is 0.680. The number of nitrogens with one attached hydrogen (secondary N) is 2. The first kappa shape index (κ1) is 21.2. The van der Waals surface area contributed by atoms with E-state index in [0.717, 1.165) is 43.1 Å². The number of carbonyl (C=O) groups excluding carboxylic acids is 1. The van der Waals surface area contributed by atoms with Crippen LogP contribution in [0.25, 0.3) is 0 Å². The first-order valence-corrected chi connectivity index (χ1v) is 10.4. The van der Waals surface area contributed by atoms with Crippen LogP contribution in [0, 0.1) is 0 Å². The molecule has 8 heteroatoms. The van der Waals surface area contributed by atoms with Gasteiger partial charge in [-0.15, -0.1) is 0 Å². The van der Waals surface area contributed by atoms with Crippen molar-refractivity contribution >= 4 is 29.1 Å². The Kier molecular flexibility index (Phi) is 7.14. The molecular formula is C21H28ClN5O2. The molecule has 29 heavy (non-hydrogen) atoms. The molecule has 0 saturated carbocycles. The van der Waals surface area contributed by atoms with E-state index in [4.69, 9.17) is 16.3 Å². The van der Waals surface area contributed by atoms with E-state index in [2.05, 4.69) is 32.4 Å². The van der Waals surface area contributed by atoms with E-state index < -0.39 is 0 Å². The molecule has 0 spiro atoms. The minimum Gasteiger partial charge on any atom is -0.489 e. The summed E-state index contributed by atoms with van der Waals surface area (Å²) in [7, 11) is 0. The fourth-order valence-corrected chi connectivity index (χ4v) is 3.66. The fraction of sp³-hybridized carbons (Fsp3) is 0.476. The Morgan fingerprint density at radius 1 is 1.34 bits per heavy atom. The zero-order valence-corrected chi connectivity index (χ0v) is 17.9. The molecule has 7 nitrogen and oxygen atoms in total. The number of amides is 1. The first-order chi connectivity index (χ1) is 14.0. The van der Waals surface area contributed by atoms with Gasteiger partial charge in [-0.1, -0.05) is 30.7 Å². The summed E-state index contributed by atoms with van der Waals surface area (Å²) >= 11 is 6.52. The molecule has 0 aliphatic carbocycles. The van der Waals surface area contributed by atoms with Crippen LogP contribution in [0.15, 0.2) is 30.6 Å². The van der Waals surface area contributed by atoms with E-state index >= 15 is 0 Å². The van der Waals surface area contributed by atoms with Crippen LogP contribution in [-0.4, -0.2) is 41.6 Å². The van der Waals surface area contributed by atoms with Crippen LogP contribution >= 0.6 is 11.6 Å². The van der Waals surface area contributed by atoms with Crippen LogP contribution in [0.5, 0.6) is 5.75 Å². The SMILES string of the molecule is CCCNc1ncnc(N2CC[C@@H](Oc3ccc([C@H](C)NC(C)=O)cc3)C2)c1Cl. The smallest absolute Gasteiger partial charge is 0.217 e. The maximum absolute atomic E-state index is 11.2. The molecule has 2 atom stereocenters. The predicted molar refractivity (Wildman–Crippen MR) is 116 cm³/mol. The largest absolute Gasteiger partial charge is 0.489 e. The van der Waals surface area contributed by atoms with Gasteiger partial charge in [0.05, 0.1) is 12.6 Å². The van der Waals surface area contributed by atoms with Gasteiger partial charge in [0.25, 0.3) is 0 Å². The number of hydrogen-bond donors (Lipinski definition) is 2. The first-order valence-electron chi connectivity index (χ1n) is 10.0. The van der Waals surface area contributed by atoms with Crippen LogP contribution in [0.2, 0.25) is 5.02 Å². The van der Waals surface area contributed by atoms with Crippen molar-refractivity contribution in [1.29, 1.82) is 0 Å². The number of carbonyl (C=O) groups is 1. The van der Waals surface area contributed by atoms with E-state index in [1.807, 2.05) is 31.2 Å². The van der Waals surface area contributed by atoms with Crippen LogP contribution in [0.3, 0.4) is 0 Å². The number of aromatic nitrogens is 2. The lowest BCUT2D eigenvalue weighted by Crippen LogP contribution is -2.26. The molecule has 1 saturated heterocycles. The maximum atomic E-state index is 11.2. The number of rotatable bonds is 8. The van der Waals surface area contributed by atoms with Gasteiger partial charge in [-0.2, -0.15) is 0 Å². The van der Waals surface area contributed by atoms with E-state index in [1.54, 1.807) is 6.33 Å². The van der Waals surface area contributed by atoms with Crippen molar-refractivity contribution < 1.29 is 9.53 Å². The third-order valence-electron chi connectivity index (χ3n) is 4.86. The molecular weight excluding hydrogens is 390 g/mol. The Morgan fingerprint density at radius 2 is 2.10 bits per heavy atom. The summed E-state index contributed by atoms with van der Waals surface area (Å²) in [5, 5.41) is 6.67. The number of hydrogen-bond acceptors (Lipinski definition) is 6. The topological polar surface area (TPSA) is 79.4 Å². The predicted octanol–water partition coefficient (Wildman–Crippen LogP) is 3.81. The van der Waals surface area contributed by atoms with Gasteiger partial charge in [-0.3, -0.25) is 4.79 Å². The molecule has 2 aromatic rings. The molecule has 2 N–H and O–H groups in total. The highest BCUT2D eigenvalue weighted by atomic mass is 35.5. The van der Waals surface area contributed by atoms with Gasteiger partial charge in [0, 0.05) is 26.4 Å². The maximum Gasteiger partial charge on any atom is 0.217 e. The van der Waals surface area contributed by atoms with Crippen LogP contribution in [0.4, 0.5) is 11.6 Å². The molecule has 1 aromatic carbocycles. The fourth-order valence-electron chi connectivity index (χ4n) is 3.38. The second-order valence-electron chi connectivity index (χ2n) is 7.25. The average molecular weight is 418 g/mol. The van der Waals surface area contributed by atoms with Gasteiger partial charge in [0.1, 0.15) is 29.0 Å². The summed E-state index contributed by atoms with van der Waals surface area (Å²) in [5.74, 6) is 2.19. The molecule has 1 aliphatic heterocycles. The Labute approximate surface area is 176 Å². The molecule has 0 bridgehead atoms. The van der Waals surface area contributed by atoms with Crippen LogP contribution in [-0.2, 0) is 4.79 Å². The molecule has 1 fully saturated rings. The van der Waals surface area contributed by atoms with Crippen molar-refractivity contribution in [2.45, 2.75) is 45.8 Å². The zero-order chi connectivity index (χ0) is 20.8. The molecule has 1 aliphatic rings. The molecule has 0 unspecified atom stereocenters. The highest BCUT2D eigenvalue weighted by molar-refractivity contribution is 6.35. The second-order valence-corrected chi connectivity index (χ2v) is 7.63. The summed E-state index contributed by atoms with van der Waals surface area (Å²) in [5.41, 5.74) is 1.04. The molecule has 2 heterocycles. The molecule has 1 amide bonds. The Hall–Kier alpha value is -2.54. The summed E-state index contributed by atoms with van der Waals surface area (Å²) in [6.45, 7) is 7.94. The van der Waals surface area contributed by atoms with Gasteiger partial charge in [-0.25, -0.2) is 9.97 Å².